The summed E-state index contributed by atoms with van der Waals surface area (Å²) in [5.41, 5.74) is 1.31. The molecule has 2 aromatic rings. The number of para-hydroxylation sites is 1. The van der Waals surface area contributed by atoms with Gasteiger partial charge in [0, 0.05) is 18.7 Å². The van der Waals surface area contributed by atoms with Crippen LogP contribution in [-0.2, 0) is 16.0 Å². The lowest BCUT2D eigenvalue weighted by Crippen LogP contribution is -2.65. The van der Waals surface area contributed by atoms with Gasteiger partial charge >= 0.3 is 6.09 Å². The molecule has 33 heavy (non-hydrogen) atoms. The zero-order chi connectivity index (χ0) is 23.4. The number of hydrogen-bond acceptors (Lipinski definition) is 6. The number of carbonyl (C=O) groups excluding carboxylic acids is 2. The predicted molar refractivity (Wildman–Crippen MR) is 117 cm³/mol. The second-order valence-corrected chi connectivity index (χ2v) is 7.78. The van der Waals surface area contributed by atoms with E-state index in [1.54, 1.807) is 29.2 Å². The minimum atomic E-state index is -1.36. The Labute approximate surface area is 191 Å². The van der Waals surface area contributed by atoms with Crippen LogP contribution < -0.4 is 9.47 Å². The standard InChI is InChI=1S/C24H26N2O7/c1-2-32-20-6-4-3-5-17(20)15-19-22(28)26(24(29)30)23(19)33-18-9-7-16(8-10-18)21(27)25-11-13-31-14-12-25/h3-10,19,23H,2,11-15H2,1H3,(H,29,30). The predicted octanol–water partition coefficient (Wildman–Crippen LogP) is 2.64. The zero-order valence-corrected chi connectivity index (χ0v) is 18.3. The molecular formula is C24H26N2O7. The van der Waals surface area contributed by atoms with Gasteiger partial charge in [-0.25, -0.2) is 9.69 Å². The van der Waals surface area contributed by atoms with Crippen LogP contribution in [0.15, 0.2) is 48.5 Å². The Morgan fingerprint density at radius 1 is 1.09 bits per heavy atom. The van der Waals surface area contributed by atoms with Crippen molar-refractivity contribution in [3.63, 3.8) is 0 Å². The normalized spacial score (nSPS) is 20.2. The Bertz CT molecular complexity index is 1020. The maximum atomic E-state index is 12.6. The van der Waals surface area contributed by atoms with Gasteiger partial charge in [0.05, 0.1) is 25.7 Å². The maximum Gasteiger partial charge on any atom is 0.417 e. The van der Waals surface area contributed by atoms with Crippen LogP contribution in [0, 0.1) is 5.92 Å². The minimum Gasteiger partial charge on any atom is -0.494 e. The summed E-state index contributed by atoms with van der Waals surface area (Å²) in [6.07, 6.45) is -2.04. The summed E-state index contributed by atoms with van der Waals surface area (Å²) in [7, 11) is 0. The number of carbonyl (C=O) groups is 3. The fraction of sp³-hybridized carbons (Fsp3) is 0.375. The average Bonchev–Trinajstić information content (AvgIpc) is 2.83. The number of amides is 3. The molecule has 0 aliphatic carbocycles. The number of rotatable bonds is 7. The number of hydrogen-bond donors (Lipinski definition) is 1. The van der Waals surface area contributed by atoms with E-state index in [0.717, 1.165) is 5.56 Å². The summed E-state index contributed by atoms with van der Waals surface area (Å²) in [5, 5.41) is 9.48. The van der Waals surface area contributed by atoms with Crippen molar-refractivity contribution < 1.29 is 33.7 Å². The second-order valence-electron chi connectivity index (χ2n) is 7.78. The van der Waals surface area contributed by atoms with E-state index in [4.69, 9.17) is 14.2 Å². The molecular weight excluding hydrogens is 428 g/mol. The highest BCUT2D eigenvalue weighted by Gasteiger charge is 2.53. The molecule has 2 unspecified atom stereocenters. The van der Waals surface area contributed by atoms with E-state index in [-0.39, 0.29) is 12.3 Å². The first-order valence-electron chi connectivity index (χ1n) is 10.9. The van der Waals surface area contributed by atoms with Crippen molar-refractivity contribution in [1.82, 2.24) is 9.80 Å². The Hall–Kier alpha value is -3.59. The summed E-state index contributed by atoms with van der Waals surface area (Å²) in [5.74, 6) is -0.247. The van der Waals surface area contributed by atoms with Crippen LogP contribution in [0.2, 0.25) is 0 Å². The van der Waals surface area contributed by atoms with Gasteiger partial charge in [-0.05, 0) is 49.2 Å². The maximum absolute atomic E-state index is 12.6. The minimum absolute atomic E-state index is 0.0961. The van der Waals surface area contributed by atoms with E-state index in [2.05, 4.69) is 0 Å². The van der Waals surface area contributed by atoms with Crippen molar-refractivity contribution in [2.24, 2.45) is 5.92 Å². The number of morpholine rings is 1. The lowest BCUT2D eigenvalue weighted by molar-refractivity contribution is -0.169. The Balaban J connectivity index is 1.48. The third-order valence-corrected chi connectivity index (χ3v) is 5.73. The molecule has 3 amide bonds. The summed E-state index contributed by atoms with van der Waals surface area (Å²) < 4.78 is 16.8. The van der Waals surface area contributed by atoms with Gasteiger partial charge in [0.25, 0.3) is 5.91 Å². The highest BCUT2D eigenvalue weighted by Crippen LogP contribution is 2.34. The molecule has 2 saturated heterocycles. The van der Waals surface area contributed by atoms with Crippen molar-refractivity contribution in [1.29, 1.82) is 0 Å². The summed E-state index contributed by atoms with van der Waals surface area (Å²) in [6, 6.07) is 13.9. The van der Waals surface area contributed by atoms with Gasteiger partial charge in [0.1, 0.15) is 11.5 Å². The molecule has 9 heteroatoms. The quantitative estimate of drug-likeness (QED) is 0.641. The fourth-order valence-corrected chi connectivity index (χ4v) is 4.02. The monoisotopic (exact) mass is 454 g/mol. The molecule has 2 aliphatic heterocycles. The lowest BCUT2D eigenvalue weighted by Gasteiger charge is -2.43. The second kappa shape index (κ2) is 9.91. The van der Waals surface area contributed by atoms with Crippen LogP contribution in [-0.4, -0.2) is 72.0 Å². The van der Waals surface area contributed by atoms with Gasteiger partial charge in [0.15, 0.2) is 6.23 Å². The number of carboxylic acid groups (broad SMARTS) is 1. The van der Waals surface area contributed by atoms with Crippen molar-refractivity contribution >= 4 is 17.9 Å². The number of ether oxygens (including phenoxy) is 3. The number of β-lactam (4-membered cyclic amide) rings is 1. The van der Waals surface area contributed by atoms with Crippen molar-refractivity contribution in [3.05, 3.63) is 59.7 Å². The summed E-state index contributed by atoms with van der Waals surface area (Å²) >= 11 is 0. The van der Waals surface area contributed by atoms with Crippen molar-refractivity contribution in [2.75, 3.05) is 32.9 Å². The summed E-state index contributed by atoms with van der Waals surface area (Å²) in [4.78, 5) is 39.2. The molecule has 2 aromatic carbocycles. The topological polar surface area (TPSA) is 106 Å². The number of benzene rings is 2. The number of likely N-dealkylation sites (tertiary alicyclic amines) is 1. The van der Waals surface area contributed by atoms with Crippen LogP contribution in [0.3, 0.4) is 0 Å². The van der Waals surface area contributed by atoms with Gasteiger partial charge < -0.3 is 24.2 Å². The van der Waals surface area contributed by atoms with Crippen LogP contribution in [0.25, 0.3) is 0 Å². The molecule has 2 atom stereocenters. The molecule has 9 nitrogen and oxygen atoms in total. The Kier molecular flexibility index (Phi) is 6.79. The lowest BCUT2D eigenvalue weighted by atomic mass is 9.88. The molecule has 0 radical (unpaired) electrons. The smallest absolute Gasteiger partial charge is 0.417 e. The molecule has 4 rings (SSSR count). The van der Waals surface area contributed by atoms with E-state index in [0.29, 0.717) is 54.9 Å². The first-order chi connectivity index (χ1) is 16.0. The number of imide groups is 1. The first kappa shape index (κ1) is 22.6. The van der Waals surface area contributed by atoms with Crippen LogP contribution >= 0.6 is 0 Å². The molecule has 2 aliphatic rings. The van der Waals surface area contributed by atoms with Crippen LogP contribution in [0.5, 0.6) is 11.5 Å². The Morgan fingerprint density at radius 2 is 1.79 bits per heavy atom. The highest BCUT2D eigenvalue weighted by atomic mass is 16.5. The van der Waals surface area contributed by atoms with Crippen LogP contribution in [0.1, 0.15) is 22.8 Å². The molecule has 2 heterocycles. The summed E-state index contributed by atoms with van der Waals surface area (Å²) in [6.45, 7) is 4.46. The van der Waals surface area contributed by atoms with Gasteiger partial charge in [-0.3, -0.25) is 9.59 Å². The molecule has 174 valence electrons. The molecule has 0 bridgehead atoms. The van der Waals surface area contributed by atoms with E-state index in [1.165, 1.54) is 0 Å². The molecule has 2 fully saturated rings. The Morgan fingerprint density at radius 3 is 2.45 bits per heavy atom. The van der Waals surface area contributed by atoms with E-state index >= 15 is 0 Å². The molecule has 0 saturated carbocycles. The average molecular weight is 454 g/mol. The van der Waals surface area contributed by atoms with Gasteiger partial charge in [-0.1, -0.05) is 18.2 Å². The highest BCUT2D eigenvalue weighted by molar-refractivity contribution is 5.98. The largest absolute Gasteiger partial charge is 0.494 e. The van der Waals surface area contributed by atoms with E-state index < -0.39 is 24.1 Å². The molecule has 1 N–H and O–H groups in total. The molecule has 0 spiro atoms. The SMILES string of the molecule is CCOc1ccccc1CC1C(=O)N(C(=O)O)C1Oc1ccc(C(=O)N2CCOCC2)cc1. The van der Waals surface area contributed by atoms with Gasteiger partial charge in [-0.2, -0.15) is 0 Å². The fourth-order valence-electron chi connectivity index (χ4n) is 4.02. The first-order valence-corrected chi connectivity index (χ1v) is 10.9. The zero-order valence-electron chi connectivity index (χ0n) is 18.3. The third kappa shape index (κ3) is 4.78. The molecule has 0 aromatic heterocycles. The van der Waals surface area contributed by atoms with Crippen LogP contribution in [0.4, 0.5) is 4.79 Å². The van der Waals surface area contributed by atoms with Crippen molar-refractivity contribution in [2.45, 2.75) is 19.6 Å². The van der Waals surface area contributed by atoms with E-state index in [1.807, 2.05) is 31.2 Å². The third-order valence-electron chi connectivity index (χ3n) is 5.73. The van der Waals surface area contributed by atoms with E-state index in [9.17, 15) is 19.5 Å². The number of nitrogens with zero attached hydrogens (tertiary/aromatic N) is 2. The van der Waals surface area contributed by atoms with Crippen molar-refractivity contribution in [3.8, 4) is 11.5 Å². The van der Waals surface area contributed by atoms with Gasteiger partial charge in [-0.15, -0.1) is 0 Å². The van der Waals surface area contributed by atoms with Gasteiger partial charge in [0.2, 0.25) is 5.91 Å².